The van der Waals surface area contributed by atoms with Crippen molar-refractivity contribution in [3.63, 3.8) is 0 Å². The van der Waals surface area contributed by atoms with E-state index in [4.69, 9.17) is 38.4 Å². The van der Waals surface area contributed by atoms with Crippen molar-refractivity contribution in [1.82, 2.24) is 9.84 Å². The number of carboxylic acids is 1. The van der Waals surface area contributed by atoms with Crippen LogP contribution in [-0.2, 0) is 19.6 Å². The summed E-state index contributed by atoms with van der Waals surface area (Å²) >= 11 is 11.9. The smallest absolute Gasteiger partial charge is 0.306 e. The highest BCUT2D eigenvalue weighted by Crippen LogP contribution is 2.34. The number of halogens is 1. The fourth-order valence-electron chi connectivity index (χ4n) is 2.63. The molecule has 3 rings (SSSR count). The molecular formula is C20H17ClN2O7S3. The number of hydrazine groups is 1. The minimum atomic E-state index is -4.06. The third kappa shape index (κ3) is 6.24. The lowest BCUT2D eigenvalue weighted by Crippen LogP contribution is -2.44. The highest BCUT2D eigenvalue weighted by atomic mass is 35.5. The molecule has 0 saturated carbocycles. The average Bonchev–Trinajstić information content (AvgIpc) is 3.01. The molecule has 0 radical (unpaired) electrons. The number of rotatable bonds is 9. The van der Waals surface area contributed by atoms with Gasteiger partial charge in [0.05, 0.1) is 29.9 Å². The summed E-state index contributed by atoms with van der Waals surface area (Å²) < 4.78 is 35.9. The van der Waals surface area contributed by atoms with Gasteiger partial charge in [-0.15, -0.1) is 4.83 Å². The van der Waals surface area contributed by atoms with E-state index in [1.54, 1.807) is 18.2 Å². The SMILES string of the molecule is COc1cc(/C=C2/SC(=S)N(NS(=O)(=O)c3ccc(Cl)cc3)C2=O)ccc1OCCC(=O)O. The second kappa shape index (κ2) is 10.5. The lowest BCUT2D eigenvalue weighted by Gasteiger charge is -2.16. The Hall–Kier alpha value is -2.64. The van der Waals surface area contributed by atoms with Crippen molar-refractivity contribution in [2.75, 3.05) is 13.7 Å². The van der Waals surface area contributed by atoms with Crippen molar-refractivity contribution in [2.45, 2.75) is 11.3 Å². The molecule has 33 heavy (non-hydrogen) atoms. The number of sulfonamides is 1. The van der Waals surface area contributed by atoms with Crippen molar-refractivity contribution >= 4 is 67.9 Å². The fourth-order valence-corrected chi connectivity index (χ4v) is 5.06. The summed E-state index contributed by atoms with van der Waals surface area (Å²) in [6.07, 6.45) is 1.36. The third-order valence-corrected chi connectivity index (χ3v) is 7.06. The molecule has 2 aromatic carbocycles. The number of carbonyl (C=O) groups excluding carboxylic acids is 1. The average molecular weight is 529 g/mol. The number of carbonyl (C=O) groups is 2. The molecule has 1 aliphatic rings. The van der Waals surface area contributed by atoms with Gasteiger partial charge in [-0.05, 0) is 48.0 Å². The molecule has 0 unspecified atom stereocenters. The Kier molecular flexibility index (Phi) is 7.97. The van der Waals surface area contributed by atoms with E-state index in [9.17, 15) is 18.0 Å². The van der Waals surface area contributed by atoms with Crippen molar-refractivity contribution in [1.29, 1.82) is 0 Å². The van der Waals surface area contributed by atoms with Gasteiger partial charge in [0.1, 0.15) is 0 Å². The predicted octanol–water partition coefficient (Wildman–Crippen LogP) is 3.30. The van der Waals surface area contributed by atoms with Crippen molar-refractivity contribution in [2.24, 2.45) is 0 Å². The zero-order valence-corrected chi connectivity index (χ0v) is 20.2. The topological polar surface area (TPSA) is 122 Å². The Bertz CT molecular complexity index is 1230. The maximum absolute atomic E-state index is 12.8. The molecule has 9 nitrogen and oxygen atoms in total. The first-order valence-corrected chi connectivity index (χ1v) is 12.3. The van der Waals surface area contributed by atoms with Crippen LogP contribution < -0.4 is 14.3 Å². The van der Waals surface area contributed by atoms with Gasteiger partial charge in [0.2, 0.25) is 0 Å². The van der Waals surface area contributed by atoms with E-state index in [0.29, 0.717) is 22.1 Å². The monoisotopic (exact) mass is 528 g/mol. The predicted molar refractivity (Wildman–Crippen MR) is 128 cm³/mol. The number of nitrogens with one attached hydrogen (secondary N) is 1. The van der Waals surface area contributed by atoms with E-state index < -0.39 is 21.9 Å². The second-order valence-electron chi connectivity index (χ2n) is 6.47. The van der Waals surface area contributed by atoms with Crippen molar-refractivity contribution in [3.05, 3.63) is 58.0 Å². The number of amides is 1. The number of aliphatic carboxylic acids is 1. The van der Waals surface area contributed by atoms with E-state index in [0.717, 1.165) is 16.8 Å². The number of thiocarbonyl (C=S) groups is 1. The Labute approximate surface area is 204 Å². The standard InChI is InChI=1S/C20H17ClN2O7S3/c1-29-16-10-12(2-7-15(16)30-9-8-18(24)25)11-17-19(26)23(20(31)32-17)22-33(27,28)14-5-3-13(21)4-6-14/h2-7,10-11,22H,8-9H2,1H3,(H,24,25)/b17-11+. The molecule has 1 saturated heterocycles. The van der Waals surface area contributed by atoms with Gasteiger partial charge in [-0.3, -0.25) is 9.59 Å². The lowest BCUT2D eigenvalue weighted by molar-refractivity contribution is -0.137. The Morgan fingerprint density at radius 1 is 1.24 bits per heavy atom. The van der Waals surface area contributed by atoms with Gasteiger partial charge in [-0.2, -0.15) is 0 Å². The highest BCUT2D eigenvalue weighted by Gasteiger charge is 2.35. The number of ether oxygens (including phenoxy) is 2. The van der Waals surface area contributed by atoms with Crippen LogP contribution in [0, 0.1) is 0 Å². The molecule has 0 aliphatic carbocycles. The molecular weight excluding hydrogens is 512 g/mol. The Balaban J connectivity index is 1.77. The molecule has 0 bridgehead atoms. The molecule has 1 aliphatic heterocycles. The molecule has 13 heteroatoms. The second-order valence-corrected chi connectivity index (χ2v) is 10.2. The quantitative estimate of drug-likeness (QED) is 0.373. The largest absolute Gasteiger partial charge is 0.493 e. The van der Waals surface area contributed by atoms with Crippen LogP contribution in [0.4, 0.5) is 0 Å². The summed E-state index contributed by atoms with van der Waals surface area (Å²) in [5, 5.41) is 9.88. The summed E-state index contributed by atoms with van der Waals surface area (Å²) in [7, 11) is -2.64. The molecule has 0 spiro atoms. The van der Waals surface area contributed by atoms with Crippen molar-refractivity contribution in [3.8, 4) is 11.5 Å². The van der Waals surface area contributed by atoms with E-state index in [2.05, 4.69) is 4.83 Å². The normalized spacial score (nSPS) is 15.2. The van der Waals surface area contributed by atoms with Gasteiger partial charge >= 0.3 is 5.97 Å². The molecule has 0 aromatic heterocycles. The lowest BCUT2D eigenvalue weighted by atomic mass is 10.2. The maximum Gasteiger partial charge on any atom is 0.306 e. The first kappa shape index (κ1) is 25.0. The van der Waals surface area contributed by atoms with Crippen LogP contribution in [0.5, 0.6) is 11.5 Å². The minimum Gasteiger partial charge on any atom is -0.493 e. The number of carboxylic acid groups (broad SMARTS) is 1. The van der Waals surface area contributed by atoms with Crippen LogP contribution in [0.2, 0.25) is 5.02 Å². The first-order valence-electron chi connectivity index (χ1n) is 9.19. The summed E-state index contributed by atoms with van der Waals surface area (Å²) in [4.78, 5) is 25.7. The van der Waals surface area contributed by atoms with E-state index in [1.807, 2.05) is 0 Å². The van der Waals surface area contributed by atoms with Crippen molar-refractivity contribution < 1.29 is 32.6 Å². The van der Waals surface area contributed by atoms with Crippen LogP contribution in [0.1, 0.15) is 12.0 Å². The Morgan fingerprint density at radius 2 is 1.94 bits per heavy atom. The van der Waals surface area contributed by atoms with Crippen LogP contribution >= 0.6 is 35.6 Å². The summed E-state index contributed by atoms with van der Waals surface area (Å²) in [6.45, 7) is -0.0303. The zero-order chi connectivity index (χ0) is 24.2. The van der Waals surface area contributed by atoms with Gasteiger partial charge in [-0.1, -0.05) is 41.6 Å². The number of nitrogens with zero attached hydrogens (tertiary/aromatic N) is 1. The molecule has 2 N–H and O–H groups in total. The number of hydrogen-bond donors (Lipinski definition) is 2. The summed E-state index contributed by atoms with van der Waals surface area (Å²) in [5.41, 5.74) is 0.568. The van der Waals surface area contributed by atoms with E-state index in [-0.39, 0.29) is 27.1 Å². The third-order valence-electron chi connectivity index (χ3n) is 4.19. The summed E-state index contributed by atoms with van der Waals surface area (Å²) in [6, 6.07) is 10.3. The molecule has 1 amide bonds. The van der Waals surface area contributed by atoms with Gasteiger partial charge in [0, 0.05) is 5.02 Å². The number of thioether (sulfide) groups is 1. The number of methoxy groups -OCH3 is 1. The number of benzene rings is 2. The minimum absolute atomic E-state index is 0.0179. The van der Waals surface area contributed by atoms with E-state index >= 15 is 0 Å². The fraction of sp³-hybridized carbons (Fsp3) is 0.150. The molecule has 1 heterocycles. The molecule has 0 atom stereocenters. The van der Waals surface area contributed by atoms with Crippen LogP contribution in [0.15, 0.2) is 52.3 Å². The molecule has 174 valence electrons. The highest BCUT2D eigenvalue weighted by molar-refractivity contribution is 8.26. The first-order chi connectivity index (χ1) is 15.6. The zero-order valence-electron chi connectivity index (χ0n) is 17.0. The van der Waals surface area contributed by atoms with Gasteiger partial charge in [-0.25, -0.2) is 13.4 Å². The van der Waals surface area contributed by atoms with Crippen LogP contribution in [-0.4, -0.2) is 48.4 Å². The van der Waals surface area contributed by atoms with Crippen LogP contribution in [0.3, 0.4) is 0 Å². The van der Waals surface area contributed by atoms with Gasteiger partial charge in [0.25, 0.3) is 15.9 Å². The van der Waals surface area contributed by atoms with Gasteiger partial charge < -0.3 is 14.6 Å². The van der Waals surface area contributed by atoms with E-state index in [1.165, 1.54) is 37.5 Å². The van der Waals surface area contributed by atoms with Gasteiger partial charge in [0.15, 0.2) is 15.8 Å². The molecule has 1 fully saturated rings. The van der Waals surface area contributed by atoms with Crippen LogP contribution in [0.25, 0.3) is 6.08 Å². The number of hydrogen-bond acceptors (Lipinski definition) is 8. The summed E-state index contributed by atoms with van der Waals surface area (Å²) in [5.74, 6) is -0.935. The molecule has 2 aromatic rings. The Morgan fingerprint density at radius 3 is 2.58 bits per heavy atom. The maximum atomic E-state index is 12.8.